The summed E-state index contributed by atoms with van der Waals surface area (Å²) in [5, 5.41) is 15.1. The number of carbonyl (C=O) groups is 3. The number of rotatable bonds is 9. The van der Waals surface area contributed by atoms with E-state index in [1.807, 2.05) is 24.3 Å². The average molecular weight is 839 g/mol. The molecule has 2 N–H and O–H groups in total. The van der Waals surface area contributed by atoms with E-state index in [0.717, 1.165) is 41.5 Å². The van der Waals surface area contributed by atoms with E-state index in [9.17, 15) is 19.5 Å². The number of hydrogen-bond acceptors (Lipinski definition) is 11. The van der Waals surface area contributed by atoms with Crippen LogP contribution in [0.25, 0.3) is 6.08 Å². The van der Waals surface area contributed by atoms with Gasteiger partial charge < -0.3 is 34.1 Å². The number of nitrogens with one attached hydrogen (secondary N) is 1. The summed E-state index contributed by atoms with van der Waals surface area (Å²) in [5.74, 6) is -1.23. The highest BCUT2D eigenvalue weighted by atomic mass is 16.8. The van der Waals surface area contributed by atoms with Crippen LogP contribution in [0.3, 0.4) is 0 Å². The number of carbonyl (C=O) groups excluding carboxylic acids is 3. The molecule has 7 fully saturated rings. The number of ether oxygens (including phenoxy) is 5. The third-order valence-electron chi connectivity index (χ3n) is 15.4. The van der Waals surface area contributed by atoms with Crippen LogP contribution in [0.2, 0.25) is 0 Å². The first-order valence-electron chi connectivity index (χ1n) is 22.7. The lowest BCUT2D eigenvalue weighted by Crippen LogP contribution is -2.70. The molecule has 4 aliphatic heterocycles. The van der Waals surface area contributed by atoms with Gasteiger partial charge in [-0.3, -0.25) is 19.2 Å². The van der Waals surface area contributed by atoms with Crippen LogP contribution >= 0.6 is 0 Å². The number of fused-ring (bicyclic) bond motifs is 7. The van der Waals surface area contributed by atoms with Gasteiger partial charge in [-0.15, -0.1) is 0 Å². The zero-order valence-electron chi connectivity index (χ0n) is 36.4. The fourth-order valence-corrected chi connectivity index (χ4v) is 12.4. The number of epoxide rings is 1. The molecule has 10 rings (SSSR count). The van der Waals surface area contributed by atoms with Crippen molar-refractivity contribution in [1.29, 1.82) is 0 Å². The fraction of sp³-hybridized carbons (Fsp3) is 0.653. The first kappa shape index (κ1) is 41.4. The van der Waals surface area contributed by atoms with Crippen LogP contribution in [-0.2, 0) is 62.3 Å². The first-order chi connectivity index (χ1) is 29.0. The van der Waals surface area contributed by atoms with Gasteiger partial charge in [-0.1, -0.05) is 74.0 Å². The maximum atomic E-state index is 15.0. The van der Waals surface area contributed by atoms with Gasteiger partial charge >= 0.3 is 11.9 Å². The van der Waals surface area contributed by atoms with Gasteiger partial charge in [0, 0.05) is 25.7 Å². The Morgan fingerprint density at radius 3 is 2.48 bits per heavy atom. The fourth-order valence-electron chi connectivity index (χ4n) is 12.4. The molecule has 3 saturated carbocycles. The Morgan fingerprint density at radius 2 is 1.75 bits per heavy atom. The second kappa shape index (κ2) is 14.7. The molecular weight excluding hydrogens is 777 g/mol. The van der Waals surface area contributed by atoms with E-state index < -0.39 is 77.8 Å². The third-order valence-corrected chi connectivity index (χ3v) is 15.4. The number of hydrogen-bond donors (Lipinski definition) is 2. The van der Waals surface area contributed by atoms with Crippen LogP contribution in [0.1, 0.15) is 115 Å². The Labute approximate surface area is 358 Å². The molecule has 61 heavy (non-hydrogen) atoms. The Kier molecular flexibility index (Phi) is 9.97. The van der Waals surface area contributed by atoms with Crippen LogP contribution in [0.15, 0.2) is 54.1 Å². The van der Waals surface area contributed by atoms with Gasteiger partial charge in [-0.25, -0.2) is 0 Å². The number of hydroxylamine groups is 2. The van der Waals surface area contributed by atoms with Crippen LogP contribution in [0, 0.1) is 22.7 Å². The minimum absolute atomic E-state index is 0.0000601. The normalized spacial score (nSPS) is 37.5. The van der Waals surface area contributed by atoms with Crippen molar-refractivity contribution >= 4 is 23.9 Å². The molecule has 4 heterocycles. The summed E-state index contributed by atoms with van der Waals surface area (Å²) in [7, 11) is 0. The zero-order chi connectivity index (χ0) is 42.7. The van der Waals surface area contributed by atoms with E-state index in [-0.39, 0.29) is 31.4 Å². The lowest BCUT2D eigenvalue weighted by Gasteiger charge is -2.53. The predicted octanol–water partition coefficient (Wildman–Crippen LogP) is 6.14. The molecule has 0 aromatic heterocycles. The zero-order valence-corrected chi connectivity index (χ0v) is 36.4. The minimum Gasteiger partial charge on any atom is -0.460 e. The van der Waals surface area contributed by atoms with Gasteiger partial charge in [-0.2, -0.15) is 5.06 Å². The predicted molar refractivity (Wildman–Crippen MR) is 223 cm³/mol. The molecule has 4 aliphatic carbocycles. The highest BCUT2D eigenvalue weighted by Gasteiger charge is 2.76. The molecular formula is C49H62N2O10. The Hall–Kier alpha value is -3.65. The van der Waals surface area contributed by atoms with E-state index >= 15 is 0 Å². The summed E-state index contributed by atoms with van der Waals surface area (Å²) >= 11 is 0. The monoisotopic (exact) mass is 838 g/mol. The molecule has 1 amide bonds. The van der Waals surface area contributed by atoms with E-state index in [4.69, 9.17) is 28.5 Å². The molecule has 2 bridgehead atoms. The molecule has 8 aliphatic rings. The standard InChI is InChI=1S/C49H62N2O10/c1-45(2,3)58-38(53)17-15-33(27-52)50-44(55)49-25-36-39-40(60-48(59-39)22-31-12-7-8-13-32(31)23-48)42(49)61-51(41(49)43(54)56-36)26-29-11-9-10-28(20-29)21-30-14-16-37-47(6,57-37)19-18-35-34(30)24-46(35,4)5/h7-13,20-21,33-37,39-42,52H,14-19,22-27H2,1-6H3,(H,50,55). The van der Waals surface area contributed by atoms with Crippen LogP contribution in [0.4, 0.5) is 0 Å². The second-order valence-electron chi connectivity index (χ2n) is 21.3. The summed E-state index contributed by atoms with van der Waals surface area (Å²) in [6.07, 6.45) is 6.58. The molecule has 2 aromatic rings. The SMILES string of the molecule is CC(C)(C)OC(=O)CCC(CO)NC(=O)C12CC3OC(=O)C1N(Cc1cccc(C=C4CCC5OC5(C)CCC5C4CC5(C)C)c1)OC2C1OC2(Cc4ccccc4C2)OC31. The summed E-state index contributed by atoms with van der Waals surface area (Å²) in [6.45, 7) is 12.3. The quantitative estimate of drug-likeness (QED) is 0.222. The second-order valence-corrected chi connectivity index (χ2v) is 21.3. The van der Waals surface area contributed by atoms with Crippen molar-refractivity contribution in [2.24, 2.45) is 22.7 Å². The van der Waals surface area contributed by atoms with E-state index in [1.54, 1.807) is 25.8 Å². The van der Waals surface area contributed by atoms with Gasteiger partial charge in [0.2, 0.25) is 5.91 Å². The number of aliphatic hydroxyl groups excluding tert-OH is 1. The van der Waals surface area contributed by atoms with E-state index in [1.165, 1.54) is 18.4 Å². The number of benzene rings is 2. The highest BCUT2D eigenvalue weighted by Crippen LogP contribution is 2.61. The van der Waals surface area contributed by atoms with Gasteiger partial charge in [0.05, 0.1) is 30.9 Å². The highest BCUT2D eigenvalue weighted by molar-refractivity contribution is 5.94. The van der Waals surface area contributed by atoms with Crippen molar-refractivity contribution in [2.45, 2.75) is 172 Å². The van der Waals surface area contributed by atoms with Gasteiger partial charge in [0.15, 0.2) is 11.8 Å². The first-order valence-corrected chi connectivity index (χ1v) is 22.7. The minimum atomic E-state index is -1.43. The van der Waals surface area contributed by atoms with Crippen molar-refractivity contribution in [3.05, 3.63) is 76.4 Å². The largest absolute Gasteiger partial charge is 0.460 e. The molecule has 11 unspecified atom stereocenters. The van der Waals surface area contributed by atoms with Crippen LogP contribution in [0.5, 0.6) is 0 Å². The lowest BCUT2D eigenvalue weighted by molar-refractivity contribution is -0.217. The smallest absolute Gasteiger partial charge is 0.327 e. The topological polar surface area (TPSA) is 145 Å². The van der Waals surface area contributed by atoms with Crippen molar-refractivity contribution in [2.75, 3.05) is 6.61 Å². The molecule has 0 radical (unpaired) electrons. The number of allylic oxidation sites excluding steroid dienone is 1. The number of nitrogens with zero attached hydrogens (tertiary/aromatic N) is 1. The van der Waals surface area contributed by atoms with Gasteiger partial charge in [0.25, 0.3) is 0 Å². The van der Waals surface area contributed by atoms with Crippen molar-refractivity contribution in [3.63, 3.8) is 0 Å². The summed E-state index contributed by atoms with van der Waals surface area (Å²) in [4.78, 5) is 48.9. The van der Waals surface area contributed by atoms with Gasteiger partial charge in [0.1, 0.15) is 35.4 Å². The Morgan fingerprint density at radius 1 is 1.00 bits per heavy atom. The average Bonchev–Trinajstić information content (AvgIpc) is 3.47. The number of esters is 2. The summed E-state index contributed by atoms with van der Waals surface area (Å²) < 4.78 is 31.7. The van der Waals surface area contributed by atoms with Gasteiger partial charge in [-0.05, 0) is 106 Å². The summed E-state index contributed by atoms with van der Waals surface area (Å²) in [6, 6.07) is 14.7. The molecule has 2 aromatic carbocycles. The molecule has 11 atom stereocenters. The molecule has 328 valence electrons. The van der Waals surface area contributed by atoms with Crippen molar-refractivity contribution in [3.8, 4) is 0 Å². The Bertz CT molecular complexity index is 2100. The van der Waals surface area contributed by atoms with Crippen LogP contribution < -0.4 is 5.32 Å². The lowest BCUT2D eigenvalue weighted by atomic mass is 9.52. The van der Waals surface area contributed by atoms with Crippen molar-refractivity contribution in [1.82, 2.24) is 10.4 Å². The molecule has 12 nitrogen and oxygen atoms in total. The maximum Gasteiger partial charge on any atom is 0.327 e. The molecule has 12 heteroatoms. The molecule has 1 spiro atoms. The van der Waals surface area contributed by atoms with E-state index in [2.05, 4.69) is 56.4 Å². The Balaban J connectivity index is 0.940. The maximum absolute atomic E-state index is 15.0. The van der Waals surface area contributed by atoms with E-state index in [0.29, 0.717) is 36.2 Å². The number of aliphatic hydroxyl groups is 1. The molecule has 4 saturated heterocycles. The number of amides is 1. The van der Waals surface area contributed by atoms with Crippen molar-refractivity contribution < 1.29 is 48.0 Å². The third kappa shape index (κ3) is 7.27. The van der Waals surface area contributed by atoms with Crippen LogP contribution in [-0.4, -0.2) is 94.2 Å². The summed E-state index contributed by atoms with van der Waals surface area (Å²) in [5.41, 5.74) is 4.01.